The fourth-order valence-electron chi connectivity index (χ4n) is 0.318. The zero-order valence-electron chi connectivity index (χ0n) is 10.8. The Morgan fingerprint density at radius 3 is 1.50 bits per heavy atom. The van der Waals surface area contributed by atoms with Crippen molar-refractivity contribution in [2.75, 3.05) is 0 Å². The van der Waals surface area contributed by atoms with Crippen LogP contribution in [0.1, 0.15) is 41.5 Å². The van der Waals surface area contributed by atoms with E-state index >= 15 is 0 Å². The fourth-order valence-corrected chi connectivity index (χ4v) is 0.318. The molecule has 7 heteroatoms. The van der Waals surface area contributed by atoms with Crippen molar-refractivity contribution in [1.29, 1.82) is 0 Å². The van der Waals surface area contributed by atoms with Gasteiger partial charge in [-0.1, -0.05) is 0 Å². The number of hydrogen-bond acceptors (Lipinski definition) is 6. The first-order valence-electron chi connectivity index (χ1n) is 5.01. The van der Waals surface area contributed by atoms with Crippen LogP contribution in [0.2, 0.25) is 0 Å². The highest BCUT2D eigenvalue weighted by molar-refractivity contribution is 6.30. The van der Waals surface area contributed by atoms with Gasteiger partial charge in [-0.3, -0.25) is 0 Å². The molecule has 0 aromatic heterocycles. The summed E-state index contributed by atoms with van der Waals surface area (Å²) in [4.78, 5) is 10.1. The van der Waals surface area contributed by atoms with Gasteiger partial charge in [-0.2, -0.15) is 0 Å². The molecule has 4 N–H and O–H groups in total. The summed E-state index contributed by atoms with van der Waals surface area (Å²) in [5.74, 6) is 0. The highest BCUT2D eigenvalue weighted by Gasteiger charge is 2.37. The van der Waals surface area contributed by atoms with Crippen LogP contribution in [0.15, 0.2) is 0 Å². The van der Waals surface area contributed by atoms with Gasteiger partial charge in [0.2, 0.25) is 0 Å². The molecule has 0 saturated heterocycles. The molecule has 0 radical (unpaired) electrons. The van der Waals surface area contributed by atoms with Gasteiger partial charge in [-0.05, 0) is 41.5 Å². The third kappa shape index (κ3) is 10.3. The van der Waals surface area contributed by atoms with Crippen molar-refractivity contribution < 1.29 is 30.0 Å². The zero-order chi connectivity index (χ0) is 13.6. The Hall–Kier alpha value is -0.175. The Kier molecular flexibility index (Phi) is 8.20. The molecule has 0 bridgehead atoms. The van der Waals surface area contributed by atoms with E-state index in [-0.39, 0.29) is 6.10 Å². The lowest BCUT2D eigenvalue weighted by molar-refractivity contribution is -0.396. The number of rotatable bonds is 4. The maximum absolute atomic E-state index is 9.65. The van der Waals surface area contributed by atoms with Crippen molar-refractivity contribution in [3.8, 4) is 0 Å². The topological polar surface area (TPSA) is 99.4 Å². The first kappa shape index (κ1) is 18.2. The molecule has 0 aliphatic rings. The van der Waals surface area contributed by atoms with Gasteiger partial charge in [-0.15, -0.1) is 0 Å². The summed E-state index contributed by atoms with van der Waals surface area (Å²) < 4.78 is 0. The van der Waals surface area contributed by atoms with Crippen LogP contribution in [0, 0.1) is 0 Å². The summed E-state index contributed by atoms with van der Waals surface area (Å²) in [6.45, 7) is 10.7. The van der Waals surface area contributed by atoms with Crippen LogP contribution in [0.25, 0.3) is 0 Å². The van der Waals surface area contributed by atoms with Crippen molar-refractivity contribution in [3.63, 3.8) is 0 Å². The summed E-state index contributed by atoms with van der Waals surface area (Å²) in [5, 5.41) is 31.2. The van der Waals surface area contributed by atoms with Gasteiger partial charge in [-0.25, -0.2) is 9.78 Å². The molecular weight excluding hydrogens is 215 g/mol. The predicted molar refractivity (Wildman–Crippen MR) is 60.1 cm³/mol. The van der Waals surface area contributed by atoms with E-state index in [1.807, 2.05) is 13.8 Å². The largest absolute Gasteiger partial charge is 0.631 e. The molecule has 0 aliphatic heterocycles. The molecule has 0 atom stereocenters. The van der Waals surface area contributed by atoms with Crippen molar-refractivity contribution in [2.45, 2.75) is 58.8 Å². The summed E-state index contributed by atoms with van der Waals surface area (Å²) in [5.41, 5.74) is -1.61. The molecule has 0 spiro atoms. The Morgan fingerprint density at radius 2 is 1.31 bits per heavy atom. The van der Waals surface area contributed by atoms with Crippen LogP contribution >= 0.6 is 0 Å². The summed E-state index contributed by atoms with van der Waals surface area (Å²) in [6, 6.07) is 0. The first-order chi connectivity index (χ1) is 6.90. The van der Waals surface area contributed by atoms with E-state index < -0.39 is 18.5 Å². The Morgan fingerprint density at radius 1 is 1.00 bits per heavy atom. The van der Waals surface area contributed by atoms with Crippen LogP contribution in [0.4, 0.5) is 0 Å². The lowest BCUT2D eigenvalue weighted by atomic mass is 9.90. The second-order valence-electron chi connectivity index (χ2n) is 4.64. The highest BCUT2D eigenvalue weighted by Crippen LogP contribution is 2.25. The van der Waals surface area contributed by atoms with Gasteiger partial charge in [0.25, 0.3) is 0 Å². The molecule has 0 aliphatic carbocycles. The second-order valence-corrected chi connectivity index (χ2v) is 4.64. The monoisotopic (exact) mass is 238 g/mol. The molecule has 0 rings (SSSR count). The van der Waals surface area contributed by atoms with E-state index in [4.69, 9.17) is 24.8 Å². The average molecular weight is 238 g/mol. The maximum Gasteiger partial charge on any atom is 0.631 e. The van der Waals surface area contributed by atoms with Gasteiger partial charge in [0.05, 0.1) is 11.7 Å². The Labute approximate surface area is 96.9 Å². The summed E-state index contributed by atoms with van der Waals surface area (Å²) in [7, 11) is -2.17. The Balaban J connectivity index is 0. The van der Waals surface area contributed by atoms with Gasteiger partial charge < -0.3 is 20.2 Å². The van der Waals surface area contributed by atoms with Crippen molar-refractivity contribution in [3.05, 3.63) is 0 Å². The third-order valence-electron chi connectivity index (χ3n) is 1.92. The molecule has 0 heterocycles. The molecule has 6 nitrogen and oxygen atoms in total. The third-order valence-corrected chi connectivity index (χ3v) is 1.92. The number of aliphatic hydroxyl groups is 1. The lowest BCUT2D eigenvalue weighted by Gasteiger charge is -2.35. The van der Waals surface area contributed by atoms with Crippen LogP contribution in [-0.2, 0) is 9.78 Å². The standard InChI is InChI=1S/C9H20O3.BH3O3/c1-7(2)11-12-9(5,6)8(3,4)10;2-1(3)4/h7,10H,1-6H3;2-4H. The first-order valence-corrected chi connectivity index (χ1v) is 5.01. The zero-order valence-corrected chi connectivity index (χ0v) is 10.8. The SMILES string of the molecule is CC(C)OOC(C)(C)C(C)(C)O.OB(O)O. The van der Waals surface area contributed by atoms with E-state index in [2.05, 4.69) is 0 Å². The fraction of sp³-hybridized carbons (Fsp3) is 1.00. The van der Waals surface area contributed by atoms with E-state index in [9.17, 15) is 5.11 Å². The molecule has 0 aromatic carbocycles. The van der Waals surface area contributed by atoms with Gasteiger partial charge in [0.15, 0.2) is 0 Å². The van der Waals surface area contributed by atoms with Gasteiger partial charge >= 0.3 is 7.32 Å². The van der Waals surface area contributed by atoms with Crippen LogP contribution in [-0.4, -0.2) is 44.8 Å². The smallest absolute Gasteiger partial charge is 0.402 e. The number of hydrogen-bond donors (Lipinski definition) is 4. The molecule has 16 heavy (non-hydrogen) atoms. The van der Waals surface area contributed by atoms with E-state index in [0.29, 0.717) is 0 Å². The molecular formula is C9H23BO6. The van der Waals surface area contributed by atoms with Crippen LogP contribution in [0.3, 0.4) is 0 Å². The van der Waals surface area contributed by atoms with Crippen LogP contribution in [0.5, 0.6) is 0 Å². The summed E-state index contributed by atoms with van der Waals surface area (Å²) >= 11 is 0. The normalized spacial score (nSPS) is 12.2. The minimum atomic E-state index is -2.17. The highest BCUT2D eigenvalue weighted by atomic mass is 17.2. The van der Waals surface area contributed by atoms with Crippen molar-refractivity contribution in [2.24, 2.45) is 0 Å². The van der Waals surface area contributed by atoms with Crippen molar-refractivity contribution in [1.82, 2.24) is 0 Å². The average Bonchev–Trinajstić information content (AvgIpc) is 1.97. The molecule has 0 aromatic rings. The minimum absolute atomic E-state index is 0.00613. The molecule has 0 amide bonds. The maximum atomic E-state index is 9.65. The second kappa shape index (κ2) is 7.21. The molecule has 0 fully saturated rings. The Bertz CT molecular complexity index is 173. The van der Waals surface area contributed by atoms with Gasteiger partial charge in [0.1, 0.15) is 5.60 Å². The van der Waals surface area contributed by atoms with E-state index in [1.54, 1.807) is 27.7 Å². The van der Waals surface area contributed by atoms with E-state index in [1.165, 1.54) is 0 Å². The van der Waals surface area contributed by atoms with E-state index in [0.717, 1.165) is 0 Å². The van der Waals surface area contributed by atoms with Crippen molar-refractivity contribution >= 4 is 7.32 Å². The quantitative estimate of drug-likeness (QED) is 0.308. The predicted octanol–water partition coefficient (Wildman–Crippen LogP) is -0.159. The molecule has 0 saturated carbocycles. The minimum Gasteiger partial charge on any atom is -0.402 e. The molecule has 0 unspecified atom stereocenters. The lowest BCUT2D eigenvalue weighted by Crippen LogP contribution is -2.47. The van der Waals surface area contributed by atoms with Crippen LogP contribution < -0.4 is 0 Å². The summed E-state index contributed by atoms with van der Waals surface area (Å²) in [6.07, 6.45) is 0.00613. The molecule has 98 valence electrons. The van der Waals surface area contributed by atoms with Gasteiger partial charge in [0, 0.05) is 0 Å².